The molecule has 0 atom stereocenters. The van der Waals surface area contributed by atoms with Crippen LogP contribution in [0.5, 0.6) is 0 Å². The van der Waals surface area contributed by atoms with Gasteiger partial charge in [-0.2, -0.15) is 0 Å². The number of rotatable bonds is 2. The SMILES string of the molecule is C=C(C)C(=C)c1ccc(Cl)cc1. The number of allylic oxidation sites excluding steroid dienone is 2. The summed E-state index contributed by atoms with van der Waals surface area (Å²) in [5, 5.41) is 0.744. The summed E-state index contributed by atoms with van der Waals surface area (Å²) in [4.78, 5) is 0. The second-order valence-corrected chi connectivity index (χ2v) is 3.20. The van der Waals surface area contributed by atoms with Gasteiger partial charge in [-0.05, 0) is 30.2 Å². The Morgan fingerprint density at radius 3 is 2.08 bits per heavy atom. The predicted octanol–water partition coefficient (Wildman–Crippen LogP) is 3.93. The summed E-state index contributed by atoms with van der Waals surface area (Å²) in [6.45, 7) is 9.67. The number of benzene rings is 1. The maximum Gasteiger partial charge on any atom is 0.0406 e. The molecule has 0 saturated carbocycles. The minimum Gasteiger partial charge on any atom is -0.0955 e. The molecule has 1 heteroatoms. The Morgan fingerprint density at radius 2 is 1.67 bits per heavy atom. The minimum absolute atomic E-state index is 0.744. The van der Waals surface area contributed by atoms with Crippen molar-refractivity contribution in [3.8, 4) is 0 Å². The molecule has 0 bridgehead atoms. The monoisotopic (exact) mass is 178 g/mol. The highest BCUT2D eigenvalue weighted by atomic mass is 35.5. The Bertz CT molecular complexity index is 306. The molecule has 0 heterocycles. The van der Waals surface area contributed by atoms with Crippen LogP contribution < -0.4 is 0 Å². The summed E-state index contributed by atoms with van der Waals surface area (Å²) < 4.78 is 0. The lowest BCUT2D eigenvalue weighted by Crippen LogP contribution is -1.81. The van der Waals surface area contributed by atoms with Crippen molar-refractivity contribution < 1.29 is 0 Å². The molecule has 0 N–H and O–H groups in total. The van der Waals surface area contributed by atoms with Crippen LogP contribution in [-0.4, -0.2) is 0 Å². The highest BCUT2D eigenvalue weighted by molar-refractivity contribution is 6.30. The normalized spacial score (nSPS) is 9.50. The zero-order valence-corrected chi connectivity index (χ0v) is 7.86. The van der Waals surface area contributed by atoms with Crippen LogP contribution in [0.15, 0.2) is 43.0 Å². The minimum atomic E-state index is 0.744. The van der Waals surface area contributed by atoms with Crippen molar-refractivity contribution in [2.75, 3.05) is 0 Å². The van der Waals surface area contributed by atoms with Crippen molar-refractivity contribution in [2.24, 2.45) is 0 Å². The Hall–Kier alpha value is -1.01. The molecule has 0 aliphatic heterocycles. The van der Waals surface area contributed by atoms with Crippen LogP contribution in [0.25, 0.3) is 5.57 Å². The molecule has 0 saturated heterocycles. The Balaban J connectivity index is 2.98. The maximum absolute atomic E-state index is 5.74. The van der Waals surface area contributed by atoms with Crippen molar-refractivity contribution in [1.82, 2.24) is 0 Å². The van der Waals surface area contributed by atoms with Crippen LogP contribution in [0.2, 0.25) is 5.02 Å². The van der Waals surface area contributed by atoms with E-state index in [1.54, 1.807) is 0 Å². The van der Waals surface area contributed by atoms with Gasteiger partial charge in [0, 0.05) is 5.02 Å². The zero-order valence-electron chi connectivity index (χ0n) is 7.10. The third-order valence-corrected chi connectivity index (χ3v) is 1.96. The van der Waals surface area contributed by atoms with Gasteiger partial charge in [-0.25, -0.2) is 0 Å². The van der Waals surface area contributed by atoms with Crippen molar-refractivity contribution in [3.63, 3.8) is 0 Å². The van der Waals surface area contributed by atoms with Crippen molar-refractivity contribution in [3.05, 3.63) is 53.6 Å². The van der Waals surface area contributed by atoms with Gasteiger partial charge in [-0.15, -0.1) is 0 Å². The Morgan fingerprint density at radius 1 is 1.17 bits per heavy atom. The summed E-state index contributed by atoms with van der Waals surface area (Å²) in [6.07, 6.45) is 0. The maximum atomic E-state index is 5.74. The van der Waals surface area contributed by atoms with Gasteiger partial charge in [0.2, 0.25) is 0 Å². The predicted molar refractivity (Wildman–Crippen MR) is 55.3 cm³/mol. The third-order valence-electron chi connectivity index (χ3n) is 1.71. The van der Waals surface area contributed by atoms with Gasteiger partial charge in [0.25, 0.3) is 0 Å². The second-order valence-electron chi connectivity index (χ2n) is 2.77. The van der Waals surface area contributed by atoms with E-state index in [1.807, 2.05) is 31.2 Å². The van der Waals surface area contributed by atoms with Crippen molar-refractivity contribution in [2.45, 2.75) is 6.92 Å². The van der Waals surface area contributed by atoms with Gasteiger partial charge in [0.05, 0.1) is 0 Å². The molecule has 0 nitrogen and oxygen atoms in total. The highest BCUT2D eigenvalue weighted by Crippen LogP contribution is 2.20. The summed E-state index contributed by atoms with van der Waals surface area (Å²) in [6, 6.07) is 7.59. The second kappa shape index (κ2) is 3.59. The van der Waals surface area contributed by atoms with Gasteiger partial charge in [-0.3, -0.25) is 0 Å². The molecular weight excluding hydrogens is 168 g/mol. The third kappa shape index (κ3) is 1.99. The van der Waals surface area contributed by atoms with Crippen LogP contribution in [0.3, 0.4) is 0 Å². The lowest BCUT2D eigenvalue weighted by molar-refractivity contribution is 1.53. The summed E-state index contributed by atoms with van der Waals surface area (Å²) >= 11 is 5.74. The first-order valence-electron chi connectivity index (χ1n) is 3.72. The van der Waals surface area contributed by atoms with Gasteiger partial charge in [-0.1, -0.05) is 42.5 Å². The first kappa shape index (κ1) is 9.08. The van der Waals surface area contributed by atoms with E-state index in [-0.39, 0.29) is 0 Å². The van der Waals surface area contributed by atoms with Gasteiger partial charge >= 0.3 is 0 Å². The number of halogens is 1. The smallest absolute Gasteiger partial charge is 0.0406 e. The van der Waals surface area contributed by atoms with Crippen LogP contribution in [0.4, 0.5) is 0 Å². The molecule has 0 spiro atoms. The molecule has 1 rings (SSSR count). The Kier molecular flexibility index (Phi) is 2.72. The van der Waals surface area contributed by atoms with Crippen molar-refractivity contribution in [1.29, 1.82) is 0 Å². The topological polar surface area (TPSA) is 0 Å². The molecular formula is C11H11Cl. The Labute approximate surface area is 78.2 Å². The standard InChI is InChI=1S/C11H11Cl/c1-8(2)9(3)10-4-6-11(12)7-5-10/h4-7H,1,3H2,2H3. The molecule has 1 aromatic carbocycles. The van der Waals surface area contributed by atoms with E-state index < -0.39 is 0 Å². The van der Waals surface area contributed by atoms with Crippen molar-refractivity contribution >= 4 is 17.2 Å². The number of hydrogen-bond acceptors (Lipinski definition) is 0. The molecule has 0 amide bonds. The first-order valence-corrected chi connectivity index (χ1v) is 4.10. The van der Waals surface area contributed by atoms with Crippen LogP contribution in [-0.2, 0) is 0 Å². The molecule has 62 valence electrons. The van der Waals surface area contributed by atoms with E-state index in [1.165, 1.54) is 0 Å². The molecule has 12 heavy (non-hydrogen) atoms. The summed E-state index contributed by atoms with van der Waals surface area (Å²) in [5.41, 5.74) is 3.02. The average molecular weight is 179 g/mol. The van der Waals surface area contributed by atoms with Crippen LogP contribution >= 0.6 is 11.6 Å². The zero-order chi connectivity index (χ0) is 9.14. The average Bonchev–Trinajstić information content (AvgIpc) is 2.04. The lowest BCUT2D eigenvalue weighted by Gasteiger charge is -2.03. The highest BCUT2D eigenvalue weighted by Gasteiger charge is 1.97. The van der Waals surface area contributed by atoms with Gasteiger partial charge in [0.15, 0.2) is 0 Å². The van der Waals surface area contributed by atoms with E-state index in [0.29, 0.717) is 0 Å². The fraction of sp³-hybridized carbons (Fsp3) is 0.0909. The fourth-order valence-corrected chi connectivity index (χ4v) is 1.02. The summed E-state index contributed by atoms with van der Waals surface area (Å²) in [7, 11) is 0. The summed E-state index contributed by atoms with van der Waals surface area (Å²) in [5.74, 6) is 0. The van der Waals surface area contributed by atoms with Gasteiger partial charge < -0.3 is 0 Å². The molecule has 0 aromatic heterocycles. The molecule has 0 aliphatic carbocycles. The van der Waals surface area contributed by atoms with Gasteiger partial charge in [0.1, 0.15) is 0 Å². The van der Waals surface area contributed by atoms with E-state index in [0.717, 1.165) is 21.7 Å². The van der Waals surface area contributed by atoms with E-state index >= 15 is 0 Å². The quantitative estimate of drug-likeness (QED) is 0.602. The largest absolute Gasteiger partial charge is 0.0955 e. The van der Waals surface area contributed by atoms with E-state index in [9.17, 15) is 0 Å². The fourth-order valence-electron chi connectivity index (χ4n) is 0.897. The lowest BCUT2D eigenvalue weighted by atomic mass is 10.0. The number of hydrogen-bond donors (Lipinski definition) is 0. The molecule has 1 aromatic rings. The van der Waals surface area contributed by atoms with Crippen LogP contribution in [0, 0.1) is 0 Å². The van der Waals surface area contributed by atoms with E-state index in [2.05, 4.69) is 13.2 Å². The van der Waals surface area contributed by atoms with E-state index in [4.69, 9.17) is 11.6 Å². The molecule has 0 fully saturated rings. The van der Waals surface area contributed by atoms with Crippen LogP contribution in [0.1, 0.15) is 12.5 Å². The first-order chi connectivity index (χ1) is 5.61. The molecule has 0 aliphatic rings. The molecule has 0 radical (unpaired) electrons. The molecule has 0 unspecified atom stereocenters.